The number of piperidine rings is 1. The first kappa shape index (κ1) is 21.3. The fourth-order valence-electron chi connectivity index (χ4n) is 4.48. The van der Waals surface area contributed by atoms with Crippen LogP contribution in [0.25, 0.3) is 0 Å². The molecule has 7 heteroatoms. The second kappa shape index (κ2) is 8.14. The van der Waals surface area contributed by atoms with Gasteiger partial charge in [-0.15, -0.1) is 0 Å². The Labute approximate surface area is 171 Å². The number of amides is 3. The number of nitrogens with zero attached hydrogens (tertiary/aromatic N) is 1. The van der Waals surface area contributed by atoms with Crippen molar-refractivity contribution in [2.75, 3.05) is 0 Å². The molecule has 2 aliphatic heterocycles. The van der Waals surface area contributed by atoms with Crippen LogP contribution in [0.4, 0.5) is 0 Å². The SMILES string of the molecule is CC[C@@H](Oc1ccc2c(c1)CN(C1CCC(=O)NC1=O)C2=O)C(C)(C)CC(C)O. The Morgan fingerprint density at radius 1 is 1.31 bits per heavy atom. The van der Waals surface area contributed by atoms with E-state index in [-0.39, 0.29) is 29.8 Å². The number of aliphatic hydroxyl groups is 1. The molecule has 7 nitrogen and oxygen atoms in total. The monoisotopic (exact) mass is 402 g/mol. The van der Waals surface area contributed by atoms with Crippen LogP contribution in [0.1, 0.15) is 69.3 Å². The fraction of sp³-hybridized carbons (Fsp3) is 0.591. The number of nitrogens with one attached hydrogen (secondary N) is 1. The van der Waals surface area contributed by atoms with Crippen molar-refractivity contribution in [2.45, 2.75) is 78.2 Å². The highest BCUT2D eigenvalue weighted by molar-refractivity contribution is 6.05. The zero-order valence-corrected chi connectivity index (χ0v) is 17.5. The van der Waals surface area contributed by atoms with Gasteiger partial charge in [0.25, 0.3) is 5.91 Å². The minimum absolute atomic E-state index is 0.0847. The van der Waals surface area contributed by atoms with Crippen LogP contribution in [-0.2, 0) is 16.1 Å². The second-order valence-corrected chi connectivity index (χ2v) is 8.78. The van der Waals surface area contributed by atoms with E-state index >= 15 is 0 Å². The first-order valence-electron chi connectivity index (χ1n) is 10.2. The highest BCUT2D eigenvalue weighted by Crippen LogP contribution is 2.35. The molecule has 0 saturated carbocycles. The van der Waals surface area contributed by atoms with Crippen molar-refractivity contribution >= 4 is 17.7 Å². The maximum absolute atomic E-state index is 12.8. The Hall–Kier alpha value is -2.41. The summed E-state index contributed by atoms with van der Waals surface area (Å²) < 4.78 is 6.24. The number of benzene rings is 1. The van der Waals surface area contributed by atoms with Gasteiger partial charge in [-0.05, 0) is 49.9 Å². The molecule has 1 aromatic carbocycles. The highest BCUT2D eigenvalue weighted by Gasteiger charge is 2.39. The summed E-state index contributed by atoms with van der Waals surface area (Å²) in [5.74, 6) is -0.226. The van der Waals surface area contributed by atoms with Gasteiger partial charge in [-0.3, -0.25) is 19.7 Å². The van der Waals surface area contributed by atoms with Gasteiger partial charge in [0, 0.05) is 23.9 Å². The van der Waals surface area contributed by atoms with E-state index in [9.17, 15) is 19.5 Å². The first-order chi connectivity index (χ1) is 13.6. The predicted octanol–water partition coefficient (Wildman–Crippen LogP) is 2.40. The molecule has 2 heterocycles. The van der Waals surface area contributed by atoms with Gasteiger partial charge in [-0.25, -0.2) is 0 Å². The molecule has 3 amide bonds. The Balaban J connectivity index is 1.75. The number of carbonyl (C=O) groups is 3. The third-order valence-corrected chi connectivity index (χ3v) is 5.84. The zero-order valence-electron chi connectivity index (χ0n) is 17.5. The maximum Gasteiger partial charge on any atom is 0.255 e. The molecule has 2 N–H and O–H groups in total. The molecule has 2 aliphatic rings. The Bertz CT molecular complexity index is 817. The number of fused-ring (bicyclic) bond motifs is 1. The molecule has 0 aromatic heterocycles. The van der Waals surface area contributed by atoms with Gasteiger partial charge in [0.05, 0.1) is 6.10 Å². The van der Waals surface area contributed by atoms with Crippen molar-refractivity contribution in [2.24, 2.45) is 5.41 Å². The van der Waals surface area contributed by atoms with E-state index in [1.54, 1.807) is 19.1 Å². The normalized spacial score (nSPS) is 21.6. The lowest BCUT2D eigenvalue weighted by molar-refractivity contribution is -0.136. The molecule has 1 fully saturated rings. The van der Waals surface area contributed by atoms with Crippen LogP contribution in [0.3, 0.4) is 0 Å². The topological polar surface area (TPSA) is 95.9 Å². The number of hydrogen-bond donors (Lipinski definition) is 2. The van der Waals surface area contributed by atoms with E-state index in [1.165, 1.54) is 4.90 Å². The van der Waals surface area contributed by atoms with Gasteiger partial charge in [0.1, 0.15) is 17.9 Å². The van der Waals surface area contributed by atoms with Crippen LogP contribution >= 0.6 is 0 Å². The molecule has 0 radical (unpaired) electrons. The summed E-state index contributed by atoms with van der Waals surface area (Å²) in [4.78, 5) is 37.9. The highest BCUT2D eigenvalue weighted by atomic mass is 16.5. The predicted molar refractivity (Wildman–Crippen MR) is 107 cm³/mol. The fourth-order valence-corrected chi connectivity index (χ4v) is 4.48. The van der Waals surface area contributed by atoms with Crippen molar-refractivity contribution in [1.82, 2.24) is 10.2 Å². The molecule has 1 aromatic rings. The number of hydrogen-bond acceptors (Lipinski definition) is 5. The number of rotatable bonds is 7. The molecule has 0 spiro atoms. The Kier molecular flexibility index (Phi) is 5.98. The molecule has 3 atom stereocenters. The molecule has 0 bridgehead atoms. The molecular formula is C22H30N2O5. The number of ether oxygens (including phenoxy) is 1. The third-order valence-electron chi connectivity index (χ3n) is 5.84. The zero-order chi connectivity index (χ0) is 21.3. The number of imide groups is 1. The van der Waals surface area contributed by atoms with Crippen LogP contribution in [0, 0.1) is 5.41 Å². The summed E-state index contributed by atoms with van der Waals surface area (Å²) in [6, 6.07) is 4.77. The van der Waals surface area contributed by atoms with E-state index in [4.69, 9.17) is 4.74 Å². The van der Waals surface area contributed by atoms with Crippen LogP contribution in [0.15, 0.2) is 18.2 Å². The van der Waals surface area contributed by atoms with E-state index in [0.717, 1.165) is 12.0 Å². The first-order valence-corrected chi connectivity index (χ1v) is 10.2. The molecule has 29 heavy (non-hydrogen) atoms. The largest absolute Gasteiger partial charge is 0.490 e. The second-order valence-electron chi connectivity index (χ2n) is 8.78. The average molecular weight is 402 g/mol. The van der Waals surface area contributed by atoms with E-state index in [1.807, 2.05) is 6.07 Å². The molecule has 3 rings (SSSR count). The lowest BCUT2D eigenvalue weighted by atomic mass is 9.80. The van der Waals surface area contributed by atoms with Gasteiger partial charge in [0.15, 0.2) is 0 Å². The minimum Gasteiger partial charge on any atom is -0.490 e. The molecule has 0 aliphatic carbocycles. The van der Waals surface area contributed by atoms with Gasteiger partial charge >= 0.3 is 0 Å². The Morgan fingerprint density at radius 2 is 2.03 bits per heavy atom. The van der Waals surface area contributed by atoms with E-state index < -0.39 is 18.1 Å². The summed E-state index contributed by atoms with van der Waals surface area (Å²) in [5, 5.41) is 12.1. The van der Waals surface area contributed by atoms with Crippen molar-refractivity contribution in [3.63, 3.8) is 0 Å². The molecule has 1 saturated heterocycles. The average Bonchev–Trinajstić information content (AvgIpc) is 2.94. The van der Waals surface area contributed by atoms with Crippen molar-refractivity contribution in [3.05, 3.63) is 29.3 Å². The van der Waals surface area contributed by atoms with Gasteiger partial charge in [0.2, 0.25) is 11.8 Å². The van der Waals surface area contributed by atoms with Gasteiger partial charge in [-0.1, -0.05) is 20.8 Å². The third kappa shape index (κ3) is 4.45. The smallest absolute Gasteiger partial charge is 0.255 e. The van der Waals surface area contributed by atoms with E-state index in [0.29, 0.717) is 30.7 Å². The maximum atomic E-state index is 12.8. The van der Waals surface area contributed by atoms with E-state index in [2.05, 4.69) is 26.1 Å². The van der Waals surface area contributed by atoms with Crippen LogP contribution < -0.4 is 10.1 Å². The van der Waals surface area contributed by atoms with Crippen molar-refractivity contribution < 1.29 is 24.2 Å². The van der Waals surface area contributed by atoms with Crippen molar-refractivity contribution in [1.29, 1.82) is 0 Å². The van der Waals surface area contributed by atoms with Gasteiger partial charge < -0.3 is 14.7 Å². The van der Waals surface area contributed by atoms with Crippen molar-refractivity contribution in [3.8, 4) is 5.75 Å². The molecular weight excluding hydrogens is 372 g/mol. The van der Waals surface area contributed by atoms with Crippen LogP contribution in [-0.4, -0.2) is 46.0 Å². The molecule has 158 valence electrons. The summed E-state index contributed by atoms with van der Waals surface area (Å²) in [6.45, 7) is 8.31. The quantitative estimate of drug-likeness (QED) is 0.683. The number of carbonyl (C=O) groups excluding carboxylic acids is 3. The summed E-state index contributed by atoms with van der Waals surface area (Å²) >= 11 is 0. The lowest BCUT2D eigenvalue weighted by Crippen LogP contribution is -2.52. The summed E-state index contributed by atoms with van der Waals surface area (Å²) in [6.07, 6.45) is 1.50. The summed E-state index contributed by atoms with van der Waals surface area (Å²) in [7, 11) is 0. The van der Waals surface area contributed by atoms with Crippen LogP contribution in [0.5, 0.6) is 5.75 Å². The minimum atomic E-state index is -0.620. The standard InChI is InChI=1S/C22H30N2O5/c1-5-18(22(3,4)11-13(2)25)29-15-6-7-16-14(10-15)12-24(21(16)28)17-8-9-19(26)23-20(17)27/h6-7,10,13,17-18,25H,5,8-9,11-12H2,1-4H3,(H,23,26,27)/t13?,17?,18-/m1/s1. The number of aliphatic hydroxyl groups excluding tert-OH is 1. The lowest BCUT2D eigenvalue weighted by Gasteiger charge is -2.35. The van der Waals surface area contributed by atoms with Gasteiger partial charge in [-0.2, -0.15) is 0 Å². The summed E-state index contributed by atoms with van der Waals surface area (Å²) in [5.41, 5.74) is 1.18. The van der Waals surface area contributed by atoms with Crippen LogP contribution in [0.2, 0.25) is 0 Å². The molecule has 2 unspecified atom stereocenters. The Morgan fingerprint density at radius 3 is 2.66 bits per heavy atom.